The molecule has 2 N–H and O–H groups in total. The van der Waals surface area contributed by atoms with Crippen molar-refractivity contribution in [3.8, 4) is 0 Å². The van der Waals surface area contributed by atoms with Crippen molar-refractivity contribution in [1.29, 1.82) is 0 Å². The van der Waals surface area contributed by atoms with Gasteiger partial charge in [0.1, 0.15) is 6.17 Å². The fourth-order valence-electron chi connectivity index (χ4n) is 1.98. The highest BCUT2D eigenvalue weighted by molar-refractivity contribution is 6.68. The molecular formula is C16H14Cl4N2O. The predicted molar refractivity (Wildman–Crippen MR) is 97.8 cm³/mol. The van der Waals surface area contributed by atoms with Crippen LogP contribution in [0, 0.1) is 6.92 Å². The average Bonchev–Trinajstić information content (AvgIpc) is 2.46. The molecule has 0 saturated heterocycles. The fourth-order valence-corrected chi connectivity index (χ4v) is 2.50. The highest BCUT2D eigenvalue weighted by Gasteiger charge is 2.34. The zero-order valence-corrected chi connectivity index (χ0v) is 15.1. The van der Waals surface area contributed by atoms with E-state index in [1.165, 1.54) is 0 Å². The van der Waals surface area contributed by atoms with Crippen molar-refractivity contribution < 1.29 is 4.79 Å². The Bertz CT molecular complexity index is 700. The van der Waals surface area contributed by atoms with Gasteiger partial charge in [-0.1, -0.05) is 70.7 Å². The number of anilines is 1. The Labute approximate surface area is 154 Å². The number of carbonyl (C=O) groups is 1. The summed E-state index contributed by atoms with van der Waals surface area (Å²) in [5, 5.41) is 6.19. The van der Waals surface area contributed by atoms with Crippen LogP contribution in [0.2, 0.25) is 5.02 Å². The van der Waals surface area contributed by atoms with Gasteiger partial charge < -0.3 is 10.6 Å². The SMILES string of the molecule is Cc1ccccc1C(=O)NC(Nc1cccc(Cl)c1)C(Cl)(Cl)Cl. The Morgan fingerprint density at radius 2 is 1.78 bits per heavy atom. The largest absolute Gasteiger partial charge is 0.362 e. The summed E-state index contributed by atoms with van der Waals surface area (Å²) >= 11 is 23.9. The van der Waals surface area contributed by atoms with Crippen LogP contribution in [0.4, 0.5) is 5.69 Å². The van der Waals surface area contributed by atoms with E-state index in [1.54, 1.807) is 36.4 Å². The number of amides is 1. The van der Waals surface area contributed by atoms with Gasteiger partial charge in [-0.15, -0.1) is 0 Å². The molecule has 1 unspecified atom stereocenters. The smallest absolute Gasteiger partial charge is 0.253 e. The highest BCUT2D eigenvalue weighted by Crippen LogP contribution is 2.31. The molecule has 0 saturated carbocycles. The van der Waals surface area contributed by atoms with Crippen LogP contribution in [0.1, 0.15) is 15.9 Å². The summed E-state index contributed by atoms with van der Waals surface area (Å²) in [6, 6.07) is 14.1. The molecule has 1 amide bonds. The summed E-state index contributed by atoms with van der Waals surface area (Å²) in [5.74, 6) is -0.339. The number of aryl methyl sites for hydroxylation is 1. The van der Waals surface area contributed by atoms with Crippen LogP contribution in [0.3, 0.4) is 0 Å². The van der Waals surface area contributed by atoms with Gasteiger partial charge in [0.2, 0.25) is 3.79 Å². The maximum Gasteiger partial charge on any atom is 0.253 e. The number of benzene rings is 2. The minimum atomic E-state index is -1.75. The first-order valence-corrected chi connectivity index (χ1v) is 8.24. The second kappa shape index (κ2) is 7.63. The molecule has 23 heavy (non-hydrogen) atoms. The van der Waals surface area contributed by atoms with Gasteiger partial charge in [-0.25, -0.2) is 0 Å². The molecule has 0 radical (unpaired) electrons. The van der Waals surface area contributed by atoms with Gasteiger partial charge in [0, 0.05) is 16.3 Å². The molecule has 0 aliphatic heterocycles. The first kappa shape index (κ1) is 18.2. The van der Waals surface area contributed by atoms with Gasteiger partial charge in [0.05, 0.1) is 0 Å². The third-order valence-electron chi connectivity index (χ3n) is 3.13. The van der Waals surface area contributed by atoms with Gasteiger partial charge in [-0.2, -0.15) is 0 Å². The number of halogens is 4. The topological polar surface area (TPSA) is 41.1 Å². The summed E-state index contributed by atoms with van der Waals surface area (Å²) in [5.41, 5.74) is 1.97. The Morgan fingerprint density at radius 1 is 1.09 bits per heavy atom. The van der Waals surface area contributed by atoms with Crippen LogP contribution in [0.25, 0.3) is 0 Å². The molecule has 2 aromatic rings. The number of nitrogens with one attached hydrogen (secondary N) is 2. The fraction of sp³-hybridized carbons (Fsp3) is 0.188. The van der Waals surface area contributed by atoms with E-state index < -0.39 is 9.96 Å². The van der Waals surface area contributed by atoms with Gasteiger partial charge in [0.15, 0.2) is 0 Å². The van der Waals surface area contributed by atoms with E-state index in [0.717, 1.165) is 5.56 Å². The van der Waals surface area contributed by atoms with E-state index in [-0.39, 0.29) is 5.91 Å². The van der Waals surface area contributed by atoms with Crippen molar-refractivity contribution in [2.45, 2.75) is 16.9 Å². The molecular weight excluding hydrogens is 378 g/mol. The van der Waals surface area contributed by atoms with Gasteiger partial charge in [0.25, 0.3) is 5.91 Å². The molecule has 0 spiro atoms. The van der Waals surface area contributed by atoms with Gasteiger partial charge in [-0.3, -0.25) is 4.79 Å². The summed E-state index contributed by atoms with van der Waals surface area (Å²) in [4.78, 5) is 12.4. The first-order chi connectivity index (χ1) is 10.8. The number of rotatable bonds is 4. The summed E-state index contributed by atoms with van der Waals surface area (Å²) in [6.07, 6.45) is -0.932. The van der Waals surface area contributed by atoms with E-state index in [0.29, 0.717) is 16.3 Å². The Hall–Kier alpha value is -1.13. The summed E-state index contributed by atoms with van der Waals surface area (Å²) < 4.78 is -1.75. The number of hydrogen-bond acceptors (Lipinski definition) is 2. The molecule has 7 heteroatoms. The van der Waals surface area contributed by atoms with E-state index >= 15 is 0 Å². The van der Waals surface area contributed by atoms with Crippen molar-refractivity contribution in [3.05, 3.63) is 64.7 Å². The van der Waals surface area contributed by atoms with E-state index in [2.05, 4.69) is 10.6 Å². The third-order valence-corrected chi connectivity index (χ3v) is 4.02. The lowest BCUT2D eigenvalue weighted by Gasteiger charge is -2.27. The normalized spacial score (nSPS) is 12.6. The number of carbonyl (C=O) groups excluding carboxylic acids is 1. The number of hydrogen-bond donors (Lipinski definition) is 2. The van der Waals surface area contributed by atoms with Crippen LogP contribution in [-0.4, -0.2) is 15.9 Å². The van der Waals surface area contributed by atoms with Crippen LogP contribution in [-0.2, 0) is 0 Å². The monoisotopic (exact) mass is 390 g/mol. The second-order valence-corrected chi connectivity index (χ2v) is 7.72. The Morgan fingerprint density at radius 3 is 2.39 bits per heavy atom. The van der Waals surface area contributed by atoms with Gasteiger partial charge >= 0.3 is 0 Å². The predicted octanol–water partition coefficient (Wildman–Crippen LogP) is 5.19. The standard InChI is InChI=1S/C16H14Cl4N2O/c1-10-5-2-3-8-13(10)14(23)22-15(16(18,19)20)21-12-7-4-6-11(17)9-12/h2-9,15,21H,1H3,(H,22,23). The van der Waals surface area contributed by atoms with Crippen LogP contribution >= 0.6 is 46.4 Å². The molecule has 1 atom stereocenters. The van der Waals surface area contributed by atoms with Crippen molar-refractivity contribution in [2.75, 3.05) is 5.32 Å². The Balaban J connectivity index is 2.20. The van der Waals surface area contributed by atoms with Crippen molar-refractivity contribution in [3.63, 3.8) is 0 Å². The quantitative estimate of drug-likeness (QED) is 0.556. The van der Waals surface area contributed by atoms with E-state index in [9.17, 15) is 4.79 Å². The molecule has 2 aromatic carbocycles. The summed E-state index contributed by atoms with van der Waals surface area (Å²) in [6.45, 7) is 1.84. The highest BCUT2D eigenvalue weighted by atomic mass is 35.6. The molecule has 0 bridgehead atoms. The minimum absolute atomic E-state index is 0.339. The lowest BCUT2D eigenvalue weighted by atomic mass is 10.1. The molecule has 0 heterocycles. The minimum Gasteiger partial charge on any atom is -0.362 e. The molecule has 0 aromatic heterocycles. The zero-order chi connectivity index (χ0) is 17.0. The van der Waals surface area contributed by atoms with Crippen molar-refractivity contribution >= 4 is 58.0 Å². The average molecular weight is 392 g/mol. The third kappa shape index (κ3) is 5.18. The van der Waals surface area contributed by atoms with Crippen LogP contribution in [0.15, 0.2) is 48.5 Å². The maximum absolute atomic E-state index is 12.4. The van der Waals surface area contributed by atoms with E-state index in [4.69, 9.17) is 46.4 Å². The molecule has 0 fully saturated rings. The van der Waals surface area contributed by atoms with Crippen LogP contribution < -0.4 is 10.6 Å². The molecule has 122 valence electrons. The van der Waals surface area contributed by atoms with Gasteiger partial charge in [-0.05, 0) is 36.8 Å². The first-order valence-electron chi connectivity index (χ1n) is 6.72. The molecule has 0 aliphatic carbocycles. The summed E-state index contributed by atoms with van der Waals surface area (Å²) in [7, 11) is 0. The molecule has 2 rings (SSSR count). The van der Waals surface area contributed by atoms with Crippen molar-refractivity contribution in [1.82, 2.24) is 5.32 Å². The number of alkyl halides is 3. The maximum atomic E-state index is 12.4. The second-order valence-electron chi connectivity index (χ2n) is 4.92. The Kier molecular flexibility index (Phi) is 6.04. The molecule has 3 nitrogen and oxygen atoms in total. The molecule has 0 aliphatic rings. The van der Waals surface area contributed by atoms with Crippen molar-refractivity contribution in [2.24, 2.45) is 0 Å². The lowest BCUT2D eigenvalue weighted by molar-refractivity contribution is 0.0941. The van der Waals surface area contributed by atoms with E-state index in [1.807, 2.05) is 19.1 Å². The van der Waals surface area contributed by atoms with Crippen LogP contribution in [0.5, 0.6) is 0 Å². The lowest BCUT2D eigenvalue weighted by Crippen LogP contribution is -2.49. The zero-order valence-electron chi connectivity index (χ0n) is 12.1.